The van der Waals surface area contributed by atoms with Gasteiger partial charge in [0.25, 0.3) is 0 Å². The maximum Gasteiger partial charge on any atom is 0.190 e. The SMILES string of the molecule is N#CC(C(=O)c1c(F)cc(F)cc1F)c1ccccc1Cl. The second-order valence-electron chi connectivity index (χ2n) is 4.19. The summed E-state index contributed by atoms with van der Waals surface area (Å²) in [6.45, 7) is 0. The molecule has 0 aliphatic rings. The topological polar surface area (TPSA) is 40.9 Å². The summed E-state index contributed by atoms with van der Waals surface area (Å²) in [6, 6.07) is 8.42. The minimum Gasteiger partial charge on any atom is -0.292 e. The molecule has 2 nitrogen and oxygen atoms in total. The first-order chi connectivity index (χ1) is 9.95. The van der Waals surface area contributed by atoms with Crippen LogP contribution in [0.3, 0.4) is 0 Å². The second kappa shape index (κ2) is 5.98. The third-order valence-electron chi connectivity index (χ3n) is 2.86. The van der Waals surface area contributed by atoms with Gasteiger partial charge >= 0.3 is 0 Å². The number of hydrogen-bond acceptors (Lipinski definition) is 2. The lowest BCUT2D eigenvalue weighted by Gasteiger charge is -2.11. The number of rotatable bonds is 3. The van der Waals surface area contributed by atoms with Crippen LogP contribution in [0.15, 0.2) is 36.4 Å². The quantitative estimate of drug-likeness (QED) is 0.795. The highest BCUT2D eigenvalue weighted by molar-refractivity contribution is 6.31. The summed E-state index contributed by atoms with van der Waals surface area (Å²) in [7, 11) is 0. The smallest absolute Gasteiger partial charge is 0.190 e. The van der Waals surface area contributed by atoms with Gasteiger partial charge in [0.15, 0.2) is 5.78 Å². The van der Waals surface area contributed by atoms with E-state index in [1.807, 2.05) is 0 Å². The first kappa shape index (κ1) is 15.1. The fourth-order valence-corrected chi connectivity index (χ4v) is 2.15. The van der Waals surface area contributed by atoms with E-state index in [1.165, 1.54) is 18.2 Å². The van der Waals surface area contributed by atoms with Gasteiger partial charge in [-0.05, 0) is 11.6 Å². The molecule has 1 atom stereocenters. The number of hydrogen-bond donors (Lipinski definition) is 0. The number of halogens is 4. The molecular weight excluding hydrogens is 303 g/mol. The Bertz CT molecular complexity index is 732. The van der Waals surface area contributed by atoms with Gasteiger partial charge in [0.05, 0.1) is 11.6 Å². The molecule has 0 bridgehead atoms. The molecule has 0 spiro atoms. The summed E-state index contributed by atoms with van der Waals surface area (Å²) in [6.07, 6.45) is 0. The lowest BCUT2D eigenvalue weighted by atomic mass is 9.91. The van der Waals surface area contributed by atoms with Crippen molar-refractivity contribution < 1.29 is 18.0 Å². The zero-order valence-electron chi connectivity index (χ0n) is 10.4. The average Bonchev–Trinajstić information content (AvgIpc) is 2.40. The van der Waals surface area contributed by atoms with Gasteiger partial charge in [0, 0.05) is 17.2 Å². The van der Waals surface area contributed by atoms with Crippen molar-refractivity contribution in [3.63, 3.8) is 0 Å². The van der Waals surface area contributed by atoms with Gasteiger partial charge in [-0.3, -0.25) is 4.79 Å². The molecule has 0 saturated carbocycles. The summed E-state index contributed by atoms with van der Waals surface area (Å²) < 4.78 is 40.1. The summed E-state index contributed by atoms with van der Waals surface area (Å²) in [5.74, 6) is -6.45. The Balaban J connectivity index is 2.53. The molecule has 0 saturated heterocycles. The van der Waals surface area contributed by atoms with E-state index in [4.69, 9.17) is 16.9 Å². The van der Waals surface area contributed by atoms with Crippen molar-refractivity contribution in [1.82, 2.24) is 0 Å². The van der Waals surface area contributed by atoms with Crippen LogP contribution in [0.1, 0.15) is 21.8 Å². The molecule has 0 N–H and O–H groups in total. The standard InChI is InChI=1S/C15H7ClF3NO/c16-11-4-2-1-3-9(11)10(7-20)15(21)14-12(18)5-8(17)6-13(14)19/h1-6,10H. The van der Waals surface area contributed by atoms with Crippen LogP contribution in [0.4, 0.5) is 13.2 Å². The molecule has 2 rings (SSSR count). The monoisotopic (exact) mass is 309 g/mol. The van der Waals surface area contributed by atoms with Gasteiger partial charge in [-0.2, -0.15) is 5.26 Å². The normalized spacial score (nSPS) is 11.8. The van der Waals surface area contributed by atoms with Crippen LogP contribution < -0.4 is 0 Å². The third-order valence-corrected chi connectivity index (χ3v) is 3.21. The first-order valence-electron chi connectivity index (χ1n) is 5.78. The van der Waals surface area contributed by atoms with Crippen LogP contribution in [0, 0.1) is 28.8 Å². The molecular formula is C15H7ClF3NO. The largest absolute Gasteiger partial charge is 0.292 e. The molecule has 1 unspecified atom stereocenters. The van der Waals surface area contributed by atoms with E-state index in [9.17, 15) is 18.0 Å². The van der Waals surface area contributed by atoms with E-state index in [-0.39, 0.29) is 10.6 Å². The number of benzene rings is 2. The Morgan fingerprint density at radius 3 is 2.24 bits per heavy atom. The zero-order valence-corrected chi connectivity index (χ0v) is 11.2. The number of nitrogens with zero attached hydrogens (tertiary/aromatic N) is 1. The predicted octanol–water partition coefficient (Wildman–Crippen LogP) is 4.25. The minimum atomic E-state index is -1.48. The fraction of sp³-hybridized carbons (Fsp3) is 0.0667. The molecule has 6 heteroatoms. The Hall–Kier alpha value is -2.32. The van der Waals surface area contributed by atoms with Crippen molar-refractivity contribution >= 4 is 17.4 Å². The predicted molar refractivity (Wildman–Crippen MR) is 70.5 cm³/mol. The van der Waals surface area contributed by atoms with E-state index >= 15 is 0 Å². The van der Waals surface area contributed by atoms with Crippen molar-refractivity contribution in [3.8, 4) is 6.07 Å². The Morgan fingerprint density at radius 2 is 1.71 bits per heavy atom. The van der Waals surface area contributed by atoms with E-state index in [1.54, 1.807) is 12.1 Å². The summed E-state index contributed by atoms with van der Waals surface area (Å²) >= 11 is 5.88. The van der Waals surface area contributed by atoms with Gasteiger partial charge < -0.3 is 0 Å². The van der Waals surface area contributed by atoms with E-state index < -0.39 is 34.7 Å². The van der Waals surface area contributed by atoms with Gasteiger partial charge in [-0.1, -0.05) is 29.8 Å². The maximum absolute atomic E-state index is 13.6. The summed E-state index contributed by atoms with van der Waals surface area (Å²) in [4.78, 5) is 12.2. The van der Waals surface area contributed by atoms with Gasteiger partial charge in [-0.25, -0.2) is 13.2 Å². The Labute approximate surface area is 123 Å². The molecule has 0 aliphatic heterocycles. The highest BCUT2D eigenvalue weighted by atomic mass is 35.5. The van der Waals surface area contributed by atoms with Crippen molar-refractivity contribution in [2.24, 2.45) is 0 Å². The fourth-order valence-electron chi connectivity index (χ4n) is 1.90. The van der Waals surface area contributed by atoms with Crippen molar-refractivity contribution in [2.75, 3.05) is 0 Å². The number of nitriles is 1. The molecule has 0 radical (unpaired) electrons. The highest BCUT2D eigenvalue weighted by Crippen LogP contribution is 2.29. The Kier molecular flexibility index (Phi) is 4.29. The molecule has 0 fully saturated rings. The lowest BCUT2D eigenvalue weighted by Crippen LogP contribution is -2.15. The molecule has 0 amide bonds. The van der Waals surface area contributed by atoms with Crippen LogP contribution in [0.25, 0.3) is 0 Å². The molecule has 0 aromatic heterocycles. The first-order valence-corrected chi connectivity index (χ1v) is 6.16. The van der Waals surface area contributed by atoms with Crippen molar-refractivity contribution in [1.29, 1.82) is 5.26 Å². The van der Waals surface area contributed by atoms with Crippen LogP contribution in [0.5, 0.6) is 0 Å². The van der Waals surface area contributed by atoms with Gasteiger partial charge in [0.2, 0.25) is 0 Å². The van der Waals surface area contributed by atoms with Crippen LogP contribution in [0.2, 0.25) is 5.02 Å². The number of carbonyl (C=O) groups is 1. The number of ketones is 1. The number of Topliss-reactive ketones (excluding diaryl/α,β-unsaturated/α-hetero) is 1. The van der Waals surface area contributed by atoms with Crippen LogP contribution >= 0.6 is 11.6 Å². The molecule has 2 aromatic carbocycles. The van der Waals surface area contributed by atoms with Crippen LogP contribution in [-0.4, -0.2) is 5.78 Å². The molecule has 106 valence electrons. The summed E-state index contributed by atoms with van der Waals surface area (Å²) in [5.41, 5.74) is -0.822. The maximum atomic E-state index is 13.6. The van der Waals surface area contributed by atoms with E-state index in [0.717, 1.165) is 0 Å². The molecule has 21 heavy (non-hydrogen) atoms. The summed E-state index contributed by atoms with van der Waals surface area (Å²) in [5, 5.41) is 9.25. The zero-order chi connectivity index (χ0) is 15.6. The van der Waals surface area contributed by atoms with Crippen LogP contribution in [-0.2, 0) is 0 Å². The van der Waals surface area contributed by atoms with E-state index in [2.05, 4.69) is 0 Å². The molecule has 0 heterocycles. The van der Waals surface area contributed by atoms with Crippen molar-refractivity contribution in [2.45, 2.75) is 5.92 Å². The van der Waals surface area contributed by atoms with Crippen molar-refractivity contribution in [3.05, 3.63) is 70.0 Å². The third kappa shape index (κ3) is 2.91. The van der Waals surface area contributed by atoms with Gasteiger partial charge in [0.1, 0.15) is 23.4 Å². The number of carbonyl (C=O) groups excluding carboxylic acids is 1. The minimum absolute atomic E-state index is 0.125. The molecule has 0 aliphatic carbocycles. The average molecular weight is 310 g/mol. The second-order valence-corrected chi connectivity index (χ2v) is 4.60. The Morgan fingerprint density at radius 1 is 1.14 bits per heavy atom. The highest BCUT2D eigenvalue weighted by Gasteiger charge is 2.29. The van der Waals surface area contributed by atoms with E-state index in [0.29, 0.717) is 12.1 Å². The lowest BCUT2D eigenvalue weighted by molar-refractivity contribution is 0.0970. The molecule has 2 aromatic rings. The van der Waals surface area contributed by atoms with Gasteiger partial charge in [-0.15, -0.1) is 0 Å².